The average Bonchev–Trinajstić information content (AvgIpc) is 3.03. The van der Waals surface area contributed by atoms with Crippen molar-refractivity contribution < 1.29 is 4.74 Å². The second-order valence-electron chi connectivity index (χ2n) is 8.63. The third-order valence-electron chi connectivity index (χ3n) is 6.88. The molecule has 3 aliphatic rings. The van der Waals surface area contributed by atoms with Crippen LogP contribution in [0.2, 0.25) is 0 Å². The summed E-state index contributed by atoms with van der Waals surface area (Å²) in [7, 11) is 4.39. The molecule has 144 valence electrons. The van der Waals surface area contributed by atoms with Gasteiger partial charge in [0.2, 0.25) is 0 Å². The molecule has 0 radical (unpaired) electrons. The number of guanidine groups is 1. The van der Waals surface area contributed by atoms with Crippen LogP contribution in [0, 0.1) is 5.41 Å². The van der Waals surface area contributed by atoms with Crippen LogP contribution in [0.15, 0.2) is 4.99 Å². The summed E-state index contributed by atoms with van der Waals surface area (Å²) in [5, 5.41) is 3.57. The van der Waals surface area contributed by atoms with Crippen molar-refractivity contribution in [2.75, 3.05) is 53.5 Å². The van der Waals surface area contributed by atoms with E-state index in [0.29, 0.717) is 5.41 Å². The minimum atomic E-state index is 0.154. The van der Waals surface area contributed by atoms with Gasteiger partial charge >= 0.3 is 0 Å². The zero-order valence-corrected chi connectivity index (χ0v) is 16.6. The van der Waals surface area contributed by atoms with E-state index in [1.54, 1.807) is 0 Å². The van der Waals surface area contributed by atoms with Gasteiger partial charge < -0.3 is 19.9 Å². The molecule has 2 saturated heterocycles. The van der Waals surface area contributed by atoms with E-state index in [4.69, 9.17) is 9.73 Å². The Hall–Kier alpha value is -0.810. The van der Waals surface area contributed by atoms with Crippen LogP contribution in [0.3, 0.4) is 0 Å². The summed E-state index contributed by atoms with van der Waals surface area (Å²) >= 11 is 0. The Morgan fingerprint density at radius 3 is 2.44 bits per heavy atom. The van der Waals surface area contributed by atoms with Crippen molar-refractivity contribution in [1.82, 2.24) is 15.1 Å². The van der Waals surface area contributed by atoms with E-state index in [1.165, 1.54) is 51.6 Å². The van der Waals surface area contributed by atoms with E-state index < -0.39 is 0 Å². The number of nitrogens with zero attached hydrogens (tertiary/aromatic N) is 3. The van der Waals surface area contributed by atoms with Crippen molar-refractivity contribution in [2.24, 2.45) is 10.4 Å². The minimum absolute atomic E-state index is 0.154. The van der Waals surface area contributed by atoms with Gasteiger partial charge in [0.05, 0.1) is 6.54 Å². The zero-order chi connectivity index (χ0) is 17.8. The van der Waals surface area contributed by atoms with Gasteiger partial charge in [-0.1, -0.05) is 19.3 Å². The summed E-state index contributed by atoms with van der Waals surface area (Å²) in [5.74, 6) is 1.14. The van der Waals surface area contributed by atoms with Gasteiger partial charge in [-0.15, -0.1) is 0 Å². The van der Waals surface area contributed by atoms with Crippen molar-refractivity contribution >= 4 is 5.96 Å². The Labute approximate surface area is 154 Å². The summed E-state index contributed by atoms with van der Waals surface area (Å²) in [6.45, 7) is 8.09. The quantitative estimate of drug-likeness (QED) is 0.625. The van der Waals surface area contributed by atoms with Crippen LogP contribution in [-0.4, -0.2) is 74.8 Å². The molecule has 5 heteroatoms. The molecule has 2 aliphatic heterocycles. The summed E-state index contributed by atoms with van der Waals surface area (Å²) < 4.78 is 5.60. The maximum atomic E-state index is 5.60. The number of aliphatic imine (C=N–C) groups is 1. The summed E-state index contributed by atoms with van der Waals surface area (Å²) in [6, 6.07) is 0. The highest BCUT2D eigenvalue weighted by atomic mass is 16.5. The summed E-state index contributed by atoms with van der Waals surface area (Å²) in [6.07, 6.45) is 10.6. The molecule has 0 aromatic heterocycles. The van der Waals surface area contributed by atoms with Crippen molar-refractivity contribution in [2.45, 2.75) is 63.8 Å². The van der Waals surface area contributed by atoms with Crippen molar-refractivity contribution in [3.05, 3.63) is 0 Å². The molecular formula is C20H38N4O. The van der Waals surface area contributed by atoms with Crippen LogP contribution in [0.4, 0.5) is 0 Å². The predicted molar refractivity (Wildman–Crippen MR) is 104 cm³/mol. The van der Waals surface area contributed by atoms with Crippen LogP contribution in [0.5, 0.6) is 0 Å². The van der Waals surface area contributed by atoms with Crippen molar-refractivity contribution in [3.63, 3.8) is 0 Å². The summed E-state index contributed by atoms with van der Waals surface area (Å²) in [5.41, 5.74) is 0.730. The molecule has 3 fully saturated rings. The highest BCUT2D eigenvalue weighted by Crippen LogP contribution is 2.43. The Kier molecular flexibility index (Phi) is 6.26. The van der Waals surface area contributed by atoms with Crippen LogP contribution >= 0.6 is 0 Å². The molecule has 1 saturated carbocycles. The number of rotatable bonds is 4. The van der Waals surface area contributed by atoms with E-state index in [2.05, 4.69) is 36.1 Å². The van der Waals surface area contributed by atoms with Gasteiger partial charge in [-0.05, 0) is 58.5 Å². The van der Waals surface area contributed by atoms with Crippen LogP contribution in [0.25, 0.3) is 0 Å². The second kappa shape index (κ2) is 8.26. The zero-order valence-electron chi connectivity index (χ0n) is 16.6. The first-order chi connectivity index (χ1) is 12.1. The molecule has 0 amide bonds. The third kappa shape index (κ3) is 4.30. The Balaban J connectivity index is 1.68. The molecule has 2 heterocycles. The lowest BCUT2D eigenvalue weighted by Crippen LogP contribution is -2.52. The lowest BCUT2D eigenvalue weighted by Gasteiger charge is -2.42. The number of likely N-dealkylation sites (N-methyl/N-ethyl adjacent to an activating group) is 1. The number of hydrogen-bond donors (Lipinski definition) is 1. The first-order valence-corrected chi connectivity index (χ1v) is 10.4. The first kappa shape index (κ1) is 19.0. The van der Waals surface area contributed by atoms with Gasteiger partial charge in [-0.3, -0.25) is 4.99 Å². The molecule has 0 unspecified atom stereocenters. The fraction of sp³-hybridized carbons (Fsp3) is 0.950. The van der Waals surface area contributed by atoms with Gasteiger partial charge in [0.15, 0.2) is 5.96 Å². The number of ether oxygens (including phenoxy) is 1. The smallest absolute Gasteiger partial charge is 0.193 e. The summed E-state index contributed by atoms with van der Waals surface area (Å²) in [4.78, 5) is 10.0. The van der Waals surface area contributed by atoms with Crippen LogP contribution < -0.4 is 5.32 Å². The average molecular weight is 351 g/mol. The number of nitrogens with one attached hydrogen (secondary N) is 1. The lowest BCUT2D eigenvalue weighted by molar-refractivity contribution is -0.00263. The van der Waals surface area contributed by atoms with Crippen molar-refractivity contribution in [1.29, 1.82) is 0 Å². The van der Waals surface area contributed by atoms with E-state index in [-0.39, 0.29) is 5.54 Å². The molecule has 3 rings (SSSR count). The largest absolute Gasteiger partial charge is 0.381 e. The SMILES string of the molecule is CCNC(=NCC1(N(C)C)CCOCC1)N1CCC2(CCCCC2)C1. The van der Waals surface area contributed by atoms with E-state index in [1.807, 2.05) is 0 Å². The van der Waals surface area contributed by atoms with Gasteiger partial charge in [0, 0.05) is 38.4 Å². The van der Waals surface area contributed by atoms with Gasteiger partial charge in [-0.25, -0.2) is 0 Å². The molecule has 1 N–H and O–H groups in total. The predicted octanol–water partition coefficient (Wildman–Crippen LogP) is 2.72. The first-order valence-electron chi connectivity index (χ1n) is 10.4. The molecular weight excluding hydrogens is 312 g/mol. The van der Waals surface area contributed by atoms with Crippen LogP contribution in [-0.2, 0) is 4.74 Å². The minimum Gasteiger partial charge on any atom is -0.381 e. The monoisotopic (exact) mass is 350 g/mol. The molecule has 1 spiro atoms. The highest BCUT2D eigenvalue weighted by molar-refractivity contribution is 5.80. The van der Waals surface area contributed by atoms with Gasteiger partial charge in [0.1, 0.15) is 0 Å². The van der Waals surface area contributed by atoms with E-state index in [0.717, 1.165) is 45.1 Å². The Bertz CT molecular complexity index is 451. The van der Waals surface area contributed by atoms with Gasteiger partial charge in [-0.2, -0.15) is 0 Å². The normalized spacial score (nSPS) is 26.4. The molecule has 5 nitrogen and oxygen atoms in total. The third-order valence-corrected chi connectivity index (χ3v) is 6.88. The standard InChI is InChI=1S/C20H38N4O/c1-4-21-18(22-16-20(23(2)3)11-14-25-15-12-20)24-13-10-19(17-24)8-6-5-7-9-19/h4-17H2,1-3H3,(H,21,22). The maximum Gasteiger partial charge on any atom is 0.193 e. The number of hydrogen-bond acceptors (Lipinski definition) is 3. The fourth-order valence-corrected chi connectivity index (χ4v) is 4.97. The Morgan fingerprint density at radius 2 is 1.80 bits per heavy atom. The number of likely N-dealkylation sites (tertiary alicyclic amines) is 1. The second-order valence-corrected chi connectivity index (χ2v) is 8.63. The van der Waals surface area contributed by atoms with Crippen LogP contribution in [0.1, 0.15) is 58.3 Å². The highest BCUT2D eigenvalue weighted by Gasteiger charge is 2.40. The molecule has 0 atom stereocenters. The van der Waals surface area contributed by atoms with E-state index in [9.17, 15) is 0 Å². The molecule has 0 bridgehead atoms. The van der Waals surface area contributed by atoms with Gasteiger partial charge in [0.25, 0.3) is 0 Å². The fourth-order valence-electron chi connectivity index (χ4n) is 4.97. The molecule has 1 aliphatic carbocycles. The molecule has 0 aromatic carbocycles. The topological polar surface area (TPSA) is 40.1 Å². The lowest BCUT2D eigenvalue weighted by atomic mass is 9.73. The van der Waals surface area contributed by atoms with E-state index >= 15 is 0 Å². The van der Waals surface area contributed by atoms with Crippen molar-refractivity contribution in [3.8, 4) is 0 Å². The molecule has 25 heavy (non-hydrogen) atoms. The maximum absolute atomic E-state index is 5.60. The molecule has 0 aromatic rings. The Morgan fingerprint density at radius 1 is 1.08 bits per heavy atom.